The molecular formula is C18H30N2O. The Balaban J connectivity index is 2.01. The molecule has 21 heavy (non-hydrogen) atoms. The first-order chi connectivity index (χ1) is 10.1. The van der Waals surface area contributed by atoms with Crippen LogP contribution in [0, 0.1) is 12.8 Å². The van der Waals surface area contributed by atoms with Crippen molar-refractivity contribution < 1.29 is 4.79 Å². The van der Waals surface area contributed by atoms with Crippen molar-refractivity contribution in [3.8, 4) is 0 Å². The van der Waals surface area contributed by atoms with E-state index in [9.17, 15) is 4.79 Å². The minimum atomic E-state index is 0.0282. The molecule has 0 heterocycles. The number of nitrogens with one attached hydrogen (secondary N) is 2. The zero-order chi connectivity index (χ0) is 15.5. The Kier molecular flexibility index (Phi) is 8.76. The van der Waals surface area contributed by atoms with Crippen molar-refractivity contribution in [2.45, 2.75) is 52.9 Å². The fourth-order valence-electron chi connectivity index (χ4n) is 2.29. The van der Waals surface area contributed by atoms with E-state index >= 15 is 0 Å². The third kappa shape index (κ3) is 9.24. The molecule has 0 radical (unpaired) electrons. The van der Waals surface area contributed by atoms with Crippen LogP contribution in [0.3, 0.4) is 0 Å². The van der Waals surface area contributed by atoms with Gasteiger partial charge in [0.1, 0.15) is 0 Å². The number of carbonyl (C=O) groups excluding carboxylic acids is 1. The van der Waals surface area contributed by atoms with Crippen LogP contribution in [0.4, 0.5) is 5.69 Å². The molecule has 0 bridgehead atoms. The van der Waals surface area contributed by atoms with Gasteiger partial charge < -0.3 is 10.6 Å². The first-order valence-electron chi connectivity index (χ1n) is 8.15. The minimum Gasteiger partial charge on any atom is -0.325 e. The van der Waals surface area contributed by atoms with Gasteiger partial charge in [0, 0.05) is 5.69 Å². The summed E-state index contributed by atoms with van der Waals surface area (Å²) in [6.07, 6.45) is 6.35. The Morgan fingerprint density at radius 2 is 1.90 bits per heavy atom. The number of hydrogen-bond donors (Lipinski definition) is 2. The maximum atomic E-state index is 11.8. The van der Waals surface area contributed by atoms with Gasteiger partial charge in [0.05, 0.1) is 6.54 Å². The molecule has 0 aliphatic rings. The van der Waals surface area contributed by atoms with Gasteiger partial charge in [0.2, 0.25) is 5.91 Å². The lowest BCUT2D eigenvalue weighted by molar-refractivity contribution is -0.115. The number of rotatable bonds is 10. The average molecular weight is 290 g/mol. The van der Waals surface area contributed by atoms with Gasteiger partial charge in [-0.2, -0.15) is 0 Å². The molecule has 2 N–H and O–H groups in total. The molecule has 0 aromatic heterocycles. The Morgan fingerprint density at radius 1 is 1.14 bits per heavy atom. The fourth-order valence-corrected chi connectivity index (χ4v) is 2.29. The van der Waals surface area contributed by atoms with Crippen LogP contribution < -0.4 is 10.6 Å². The average Bonchev–Trinajstić information content (AvgIpc) is 2.41. The predicted octanol–water partition coefficient (Wildman–Crippen LogP) is 4.13. The van der Waals surface area contributed by atoms with Gasteiger partial charge in [-0.3, -0.25) is 4.79 Å². The van der Waals surface area contributed by atoms with Crippen molar-refractivity contribution in [1.82, 2.24) is 5.32 Å². The van der Waals surface area contributed by atoms with Crippen molar-refractivity contribution in [3.05, 3.63) is 29.8 Å². The molecule has 0 aliphatic heterocycles. The molecule has 0 saturated heterocycles. The number of aryl methyl sites for hydroxylation is 1. The molecule has 3 heteroatoms. The normalized spacial score (nSPS) is 10.9. The Bertz CT molecular complexity index is 415. The van der Waals surface area contributed by atoms with Crippen LogP contribution in [0.5, 0.6) is 0 Å². The first-order valence-corrected chi connectivity index (χ1v) is 8.15. The molecule has 118 valence electrons. The predicted molar refractivity (Wildman–Crippen MR) is 90.6 cm³/mol. The maximum absolute atomic E-state index is 11.8. The lowest BCUT2D eigenvalue weighted by Crippen LogP contribution is -2.28. The molecule has 1 amide bonds. The summed E-state index contributed by atoms with van der Waals surface area (Å²) in [6.45, 7) is 7.87. The topological polar surface area (TPSA) is 41.1 Å². The van der Waals surface area contributed by atoms with Crippen LogP contribution in [0.1, 0.15) is 51.5 Å². The van der Waals surface area contributed by atoms with E-state index in [1.54, 1.807) is 0 Å². The highest BCUT2D eigenvalue weighted by atomic mass is 16.1. The van der Waals surface area contributed by atoms with Crippen molar-refractivity contribution in [1.29, 1.82) is 0 Å². The molecule has 1 rings (SSSR count). The highest BCUT2D eigenvalue weighted by Gasteiger charge is 2.01. The lowest BCUT2D eigenvalue weighted by atomic mass is 10.0. The van der Waals surface area contributed by atoms with E-state index in [0.29, 0.717) is 6.54 Å². The molecule has 0 spiro atoms. The maximum Gasteiger partial charge on any atom is 0.238 e. The summed E-state index contributed by atoms with van der Waals surface area (Å²) in [7, 11) is 0. The third-order valence-electron chi connectivity index (χ3n) is 3.47. The number of unbranched alkanes of at least 4 members (excludes halogenated alkanes) is 3. The lowest BCUT2D eigenvalue weighted by Gasteiger charge is -2.08. The monoisotopic (exact) mass is 290 g/mol. The summed E-state index contributed by atoms with van der Waals surface area (Å²) < 4.78 is 0. The fraction of sp³-hybridized carbons (Fsp3) is 0.611. The molecule has 0 unspecified atom stereocenters. The Morgan fingerprint density at radius 3 is 2.62 bits per heavy atom. The number of carbonyl (C=O) groups is 1. The largest absolute Gasteiger partial charge is 0.325 e. The van der Waals surface area contributed by atoms with E-state index in [4.69, 9.17) is 0 Å². The van der Waals surface area contributed by atoms with E-state index in [1.807, 2.05) is 31.2 Å². The highest BCUT2D eigenvalue weighted by Crippen LogP contribution is 2.09. The van der Waals surface area contributed by atoms with Gasteiger partial charge in [-0.25, -0.2) is 0 Å². The zero-order valence-corrected chi connectivity index (χ0v) is 13.7. The van der Waals surface area contributed by atoms with Gasteiger partial charge in [-0.15, -0.1) is 0 Å². The molecular weight excluding hydrogens is 260 g/mol. The molecule has 0 fully saturated rings. The van der Waals surface area contributed by atoms with Crippen molar-refractivity contribution in [2.75, 3.05) is 18.4 Å². The smallest absolute Gasteiger partial charge is 0.238 e. The molecule has 1 aromatic rings. The van der Waals surface area contributed by atoms with Crippen LogP contribution in [0.15, 0.2) is 24.3 Å². The number of anilines is 1. The van der Waals surface area contributed by atoms with E-state index in [0.717, 1.165) is 30.1 Å². The summed E-state index contributed by atoms with van der Waals surface area (Å²) in [5.41, 5.74) is 2.03. The highest BCUT2D eigenvalue weighted by molar-refractivity contribution is 5.92. The standard InChI is InChI=1S/C18H30N2O/c1-15(2)9-6-4-5-7-12-19-14-18(21)20-17-11-8-10-16(3)13-17/h8,10-11,13,15,19H,4-7,9,12,14H2,1-3H3,(H,20,21). The quantitative estimate of drug-likeness (QED) is 0.636. The number of amides is 1. The van der Waals surface area contributed by atoms with Crippen LogP contribution >= 0.6 is 0 Å². The summed E-state index contributed by atoms with van der Waals surface area (Å²) >= 11 is 0. The molecule has 0 atom stereocenters. The van der Waals surface area contributed by atoms with Gasteiger partial charge in [-0.1, -0.05) is 51.7 Å². The van der Waals surface area contributed by atoms with Gasteiger partial charge in [-0.05, 0) is 43.5 Å². The number of benzene rings is 1. The molecule has 0 aliphatic carbocycles. The summed E-state index contributed by atoms with van der Waals surface area (Å²) in [5.74, 6) is 0.842. The molecule has 0 saturated carbocycles. The van der Waals surface area contributed by atoms with E-state index in [2.05, 4.69) is 24.5 Å². The van der Waals surface area contributed by atoms with Crippen LogP contribution in [0.2, 0.25) is 0 Å². The van der Waals surface area contributed by atoms with Crippen LogP contribution in [-0.2, 0) is 4.79 Å². The van der Waals surface area contributed by atoms with Crippen LogP contribution in [-0.4, -0.2) is 19.0 Å². The summed E-state index contributed by atoms with van der Waals surface area (Å²) in [4.78, 5) is 11.8. The Hall–Kier alpha value is -1.35. The second-order valence-corrected chi connectivity index (χ2v) is 6.19. The first kappa shape index (κ1) is 17.7. The summed E-state index contributed by atoms with van der Waals surface area (Å²) in [6, 6.07) is 7.87. The SMILES string of the molecule is Cc1cccc(NC(=O)CNCCCCCCC(C)C)c1. The van der Waals surface area contributed by atoms with Crippen molar-refractivity contribution in [3.63, 3.8) is 0 Å². The second-order valence-electron chi connectivity index (χ2n) is 6.19. The minimum absolute atomic E-state index is 0.0282. The van der Waals surface area contributed by atoms with E-state index < -0.39 is 0 Å². The van der Waals surface area contributed by atoms with Crippen molar-refractivity contribution in [2.24, 2.45) is 5.92 Å². The summed E-state index contributed by atoms with van der Waals surface area (Å²) in [5, 5.41) is 6.11. The Labute approximate surface area is 129 Å². The van der Waals surface area contributed by atoms with Crippen molar-refractivity contribution >= 4 is 11.6 Å². The molecule has 3 nitrogen and oxygen atoms in total. The van der Waals surface area contributed by atoms with Gasteiger partial charge in [0.25, 0.3) is 0 Å². The van der Waals surface area contributed by atoms with Gasteiger partial charge >= 0.3 is 0 Å². The zero-order valence-electron chi connectivity index (χ0n) is 13.7. The van der Waals surface area contributed by atoms with Crippen LogP contribution in [0.25, 0.3) is 0 Å². The van der Waals surface area contributed by atoms with E-state index in [1.165, 1.54) is 25.7 Å². The van der Waals surface area contributed by atoms with E-state index in [-0.39, 0.29) is 5.91 Å². The number of hydrogen-bond acceptors (Lipinski definition) is 2. The third-order valence-corrected chi connectivity index (χ3v) is 3.47. The van der Waals surface area contributed by atoms with Gasteiger partial charge in [0.15, 0.2) is 0 Å². The molecule has 1 aromatic carbocycles. The second kappa shape index (κ2) is 10.4.